The number of fused-ring (bicyclic) bond motifs is 7. The first kappa shape index (κ1) is 45.2. The summed E-state index contributed by atoms with van der Waals surface area (Å²) >= 11 is 8.13. The number of aromatic nitrogens is 4. The van der Waals surface area contributed by atoms with Crippen molar-refractivity contribution < 1.29 is 58.7 Å². The summed E-state index contributed by atoms with van der Waals surface area (Å²) in [4.78, 5) is 61.7. The maximum atomic E-state index is 13.4. The van der Waals surface area contributed by atoms with Crippen molar-refractivity contribution in [3.05, 3.63) is 83.3 Å². The van der Waals surface area contributed by atoms with Crippen LogP contribution in [0.2, 0.25) is 5.02 Å². The quantitative estimate of drug-likeness (QED) is 0.0879. The van der Waals surface area contributed by atoms with Crippen molar-refractivity contribution in [3.8, 4) is 0 Å². The van der Waals surface area contributed by atoms with Crippen LogP contribution in [0.4, 0.5) is 73.5 Å². The molecular formula is C37H30ClF9N8O4S. The summed E-state index contributed by atoms with van der Waals surface area (Å²) < 4.78 is 99.4. The molecule has 5 aromatic rings. The first-order chi connectivity index (χ1) is 28.2. The lowest BCUT2D eigenvalue weighted by Crippen LogP contribution is -2.39. The van der Waals surface area contributed by atoms with Gasteiger partial charge >= 0.3 is 30.1 Å². The van der Waals surface area contributed by atoms with Crippen molar-refractivity contribution >= 4 is 90.9 Å². The van der Waals surface area contributed by atoms with Gasteiger partial charge in [-0.05, 0) is 79.1 Å². The van der Waals surface area contributed by atoms with Crippen LogP contribution in [-0.4, -0.2) is 75.3 Å². The summed E-state index contributed by atoms with van der Waals surface area (Å²) in [7, 11) is 0. The number of alkyl halides is 9. The summed E-state index contributed by atoms with van der Waals surface area (Å²) in [5, 5.41) is 11.2. The van der Waals surface area contributed by atoms with E-state index in [1.54, 1.807) is 23.7 Å². The van der Waals surface area contributed by atoms with Gasteiger partial charge in [-0.15, -0.1) is 0 Å². The molecule has 0 aliphatic carbocycles. The van der Waals surface area contributed by atoms with Gasteiger partial charge in [-0.1, -0.05) is 35.1 Å². The van der Waals surface area contributed by atoms with Gasteiger partial charge in [-0.3, -0.25) is 24.2 Å². The van der Waals surface area contributed by atoms with Crippen molar-refractivity contribution in [2.75, 3.05) is 33.9 Å². The third-order valence-corrected chi connectivity index (χ3v) is 9.89. The second-order valence-electron chi connectivity index (χ2n) is 13.1. The fraction of sp³-hybridized carbons (Fsp3) is 0.297. The first-order valence-corrected chi connectivity index (χ1v) is 18.7. The van der Waals surface area contributed by atoms with Gasteiger partial charge in [0.05, 0.1) is 28.3 Å². The summed E-state index contributed by atoms with van der Waals surface area (Å²) in [6, 6.07) is 16.2. The molecule has 12 nitrogen and oxygen atoms in total. The van der Waals surface area contributed by atoms with E-state index in [2.05, 4.69) is 47.9 Å². The smallest absolute Gasteiger partial charge is 0.348 e. The Morgan fingerprint density at radius 3 is 2.25 bits per heavy atom. The molecule has 7 rings (SSSR count). The van der Waals surface area contributed by atoms with Crippen molar-refractivity contribution in [2.45, 2.75) is 50.6 Å². The third kappa shape index (κ3) is 12.8. The molecule has 5 heterocycles. The number of para-hydroxylation sites is 1. The maximum absolute atomic E-state index is 13.4. The second kappa shape index (κ2) is 19.0. The lowest BCUT2D eigenvalue weighted by molar-refractivity contribution is -0.193. The van der Waals surface area contributed by atoms with Gasteiger partial charge in [0, 0.05) is 37.1 Å². The third-order valence-electron chi connectivity index (χ3n) is 8.52. The molecule has 6 bridgehead atoms. The highest BCUT2D eigenvalue weighted by molar-refractivity contribution is 7.22. The zero-order valence-electron chi connectivity index (χ0n) is 30.5. The van der Waals surface area contributed by atoms with Gasteiger partial charge in [0.25, 0.3) is 0 Å². The number of benzene rings is 2. The number of halogens is 10. The number of aryl methyl sites for hydroxylation is 2. The predicted molar refractivity (Wildman–Crippen MR) is 204 cm³/mol. The molecule has 0 radical (unpaired) electrons. The van der Waals surface area contributed by atoms with E-state index in [-0.39, 0.29) is 11.8 Å². The summed E-state index contributed by atoms with van der Waals surface area (Å²) in [6.07, 6.45) is -8.05. The average molecular weight is 889 g/mol. The number of thiazole rings is 1. The van der Waals surface area contributed by atoms with Crippen LogP contribution >= 0.6 is 22.9 Å². The van der Waals surface area contributed by atoms with E-state index in [0.717, 1.165) is 77.6 Å². The largest absolute Gasteiger partial charge is 0.458 e. The molecule has 0 unspecified atom stereocenters. The molecule has 23 heteroatoms. The number of carbonyl (C=O) groups is 4. The molecule has 1 fully saturated rings. The predicted octanol–water partition coefficient (Wildman–Crippen LogP) is 8.96. The SMILES string of the molecule is O=C(C(=O)C(F)(F)F)C(F)(F)F.O=C(C[C@@H]1CCCN(c2nc3ccccc3s2)C1)Nc1ccc2cc1CCc1cncc(c1)Nc1ncc(Cl)c(n1)N2.O=CC(F)(F)F. The number of rotatable bonds is 5. The standard InChI is InChI=1S/C31H29ClN8OS.C4F6O2.C2HF3O/c32-24-17-34-30-36-23-12-19(15-33-16-23)7-8-21-14-22(35-29(24)39-30)9-10-25(21)37-28(41)13-20-4-3-11-40(18-20)31-38-26-5-1-2-6-27(26)42-31;5-3(6,7)1(11)2(12)4(8,9)10;3-2(4,5)1-6/h1-2,5-6,9-10,12,14-17,20H,3-4,7-8,11,13,18H2,(H,37,41)(H2,34,35,36,39);;1H/t20-;;/m0../s1. The number of Topliss-reactive ketones (excluding diaryl/α,β-unsaturated/α-hetero) is 2. The molecule has 60 heavy (non-hydrogen) atoms. The number of nitrogens with zero attached hydrogens (tertiary/aromatic N) is 5. The van der Waals surface area contributed by atoms with Crippen molar-refractivity contribution in [2.24, 2.45) is 5.92 Å². The molecule has 3 N–H and O–H groups in total. The number of anilines is 6. The molecule has 2 aliphatic rings. The van der Waals surface area contributed by atoms with Crippen molar-refractivity contribution in [3.63, 3.8) is 0 Å². The summed E-state index contributed by atoms with van der Waals surface area (Å²) in [5.41, 5.74) is 5.57. The second-order valence-corrected chi connectivity index (χ2v) is 14.5. The molecule has 1 amide bonds. The number of carbonyl (C=O) groups excluding carboxylic acids is 4. The number of hydrogen-bond donors (Lipinski definition) is 3. The Hall–Kier alpha value is -5.90. The highest BCUT2D eigenvalue weighted by Crippen LogP contribution is 2.33. The molecule has 0 saturated carbocycles. The van der Waals surface area contributed by atoms with E-state index in [4.69, 9.17) is 21.4 Å². The van der Waals surface area contributed by atoms with E-state index < -0.39 is 36.4 Å². The van der Waals surface area contributed by atoms with Crippen LogP contribution in [0.5, 0.6) is 0 Å². The number of amides is 1. The van der Waals surface area contributed by atoms with Crippen LogP contribution in [0, 0.1) is 5.92 Å². The first-order valence-electron chi connectivity index (χ1n) is 17.5. The summed E-state index contributed by atoms with van der Waals surface area (Å²) in [5.74, 6) is -5.59. The lowest BCUT2D eigenvalue weighted by Gasteiger charge is -2.32. The van der Waals surface area contributed by atoms with Crippen LogP contribution in [0.3, 0.4) is 0 Å². The van der Waals surface area contributed by atoms with Gasteiger partial charge in [0.1, 0.15) is 5.02 Å². The molecule has 2 aliphatic heterocycles. The van der Waals surface area contributed by atoms with E-state index in [9.17, 15) is 53.9 Å². The highest BCUT2D eigenvalue weighted by atomic mass is 35.5. The van der Waals surface area contributed by atoms with Gasteiger partial charge in [-0.25, -0.2) is 9.97 Å². The van der Waals surface area contributed by atoms with Gasteiger partial charge < -0.3 is 20.9 Å². The molecular weight excluding hydrogens is 859 g/mol. The Bertz CT molecular complexity index is 2300. The van der Waals surface area contributed by atoms with Crippen LogP contribution in [-0.2, 0) is 32.0 Å². The molecule has 1 saturated heterocycles. The molecule has 1 atom stereocenters. The number of nitrogens with one attached hydrogen (secondary N) is 3. The van der Waals surface area contributed by atoms with Crippen molar-refractivity contribution in [1.82, 2.24) is 19.9 Å². The average Bonchev–Trinajstić information content (AvgIpc) is 3.63. The topological polar surface area (TPSA) is 159 Å². The van der Waals surface area contributed by atoms with Crippen LogP contribution in [0.1, 0.15) is 30.4 Å². The Labute approximate surface area is 342 Å². The van der Waals surface area contributed by atoms with Gasteiger partial charge in [-0.2, -0.15) is 44.5 Å². The Kier molecular flexibility index (Phi) is 14.3. The molecule has 3 aromatic heterocycles. The van der Waals surface area contributed by atoms with E-state index in [1.807, 2.05) is 42.6 Å². The highest BCUT2D eigenvalue weighted by Gasteiger charge is 2.54. The van der Waals surface area contributed by atoms with E-state index in [0.29, 0.717) is 23.2 Å². The number of pyridine rings is 1. The van der Waals surface area contributed by atoms with Gasteiger partial charge in [0.15, 0.2) is 10.9 Å². The molecule has 2 aromatic carbocycles. The van der Waals surface area contributed by atoms with Crippen molar-refractivity contribution in [1.29, 1.82) is 0 Å². The Balaban J connectivity index is 0.000000319. The minimum atomic E-state index is -5.77. The van der Waals surface area contributed by atoms with E-state index >= 15 is 0 Å². The van der Waals surface area contributed by atoms with Crippen LogP contribution < -0.4 is 20.9 Å². The fourth-order valence-corrected chi connectivity index (χ4v) is 7.01. The lowest BCUT2D eigenvalue weighted by atomic mass is 9.94. The normalized spacial score (nSPS) is 15.2. The van der Waals surface area contributed by atoms with Crippen LogP contribution in [0.15, 0.2) is 67.1 Å². The Morgan fingerprint density at radius 2 is 1.58 bits per heavy atom. The maximum Gasteiger partial charge on any atom is 0.458 e. The summed E-state index contributed by atoms with van der Waals surface area (Å²) in [6.45, 7) is 1.81. The monoisotopic (exact) mass is 888 g/mol. The van der Waals surface area contributed by atoms with E-state index in [1.165, 1.54) is 4.70 Å². The minimum Gasteiger partial charge on any atom is -0.348 e. The minimum absolute atomic E-state index is 0.0300. The zero-order valence-corrected chi connectivity index (χ0v) is 32.1. The molecule has 318 valence electrons. The number of aldehydes is 1. The van der Waals surface area contributed by atoms with Crippen LogP contribution in [0.25, 0.3) is 10.2 Å². The number of hydrogen-bond acceptors (Lipinski definition) is 12. The fourth-order valence-electron chi connectivity index (χ4n) is 5.87. The zero-order chi connectivity index (χ0) is 43.8. The Morgan fingerprint density at radius 1 is 0.883 bits per heavy atom. The molecule has 0 spiro atoms. The number of piperidine rings is 1. The number of ketones is 2. The van der Waals surface area contributed by atoms with Gasteiger partial charge in [0.2, 0.25) is 18.1 Å².